The Labute approximate surface area is 208 Å². The molecule has 35 heavy (non-hydrogen) atoms. The first-order valence-corrected chi connectivity index (χ1v) is 13.5. The summed E-state index contributed by atoms with van der Waals surface area (Å²) in [7, 11) is 0. The molecule has 8 atom stereocenters. The Bertz CT molecular complexity index is 974. The summed E-state index contributed by atoms with van der Waals surface area (Å²) in [4.78, 5) is 30.1. The number of amides is 1. The summed E-state index contributed by atoms with van der Waals surface area (Å²) in [6.07, 6.45) is 5.99. The number of fused-ring (bicyclic) bond motifs is 5. The molecule has 1 aliphatic heterocycles. The van der Waals surface area contributed by atoms with Gasteiger partial charge < -0.3 is 15.1 Å². The first kappa shape index (κ1) is 25.1. The van der Waals surface area contributed by atoms with Gasteiger partial charge in [-0.15, -0.1) is 0 Å². The van der Waals surface area contributed by atoms with E-state index in [0.717, 1.165) is 31.6 Å². The molecule has 6 nitrogen and oxygen atoms in total. The predicted octanol–water partition coefficient (Wildman–Crippen LogP) is 2.89. The fraction of sp³-hybridized carbons (Fsp3) is 0.786. The second-order valence-electron chi connectivity index (χ2n) is 12.3. The van der Waals surface area contributed by atoms with E-state index in [1.165, 1.54) is 12.2 Å². The lowest BCUT2D eigenvalue weighted by atomic mass is 9.44. The van der Waals surface area contributed by atoms with Gasteiger partial charge in [-0.25, -0.2) is 4.39 Å². The number of aliphatic hydroxyl groups is 2. The Hall–Kier alpha value is -1.57. The number of hydrogen-bond acceptors (Lipinski definition) is 5. The maximum atomic E-state index is 17.3. The molecule has 194 valence electrons. The molecule has 0 aromatic rings. The fourth-order valence-corrected chi connectivity index (χ4v) is 8.73. The molecule has 1 saturated heterocycles. The Balaban J connectivity index is 1.47. The van der Waals surface area contributed by atoms with Gasteiger partial charge in [0.05, 0.1) is 6.10 Å². The molecule has 4 aliphatic carbocycles. The molecule has 0 unspecified atom stereocenters. The number of nitrogens with zero attached hydrogens (tertiary/aromatic N) is 2. The molecule has 0 bridgehead atoms. The van der Waals surface area contributed by atoms with Crippen LogP contribution in [0.25, 0.3) is 0 Å². The Morgan fingerprint density at radius 2 is 1.89 bits per heavy atom. The topological polar surface area (TPSA) is 81.1 Å². The van der Waals surface area contributed by atoms with Gasteiger partial charge in [0.1, 0.15) is 0 Å². The first-order valence-electron chi connectivity index (χ1n) is 13.5. The normalized spacial score (nSPS) is 47.7. The lowest BCUT2D eigenvalue weighted by Gasteiger charge is -2.62. The monoisotopic (exact) mass is 488 g/mol. The van der Waals surface area contributed by atoms with Crippen molar-refractivity contribution in [3.05, 3.63) is 23.8 Å². The van der Waals surface area contributed by atoms with Crippen LogP contribution in [0.3, 0.4) is 0 Å². The molecule has 0 aromatic heterocycles. The lowest BCUT2D eigenvalue weighted by Crippen LogP contribution is -2.70. The van der Waals surface area contributed by atoms with Crippen molar-refractivity contribution in [3.63, 3.8) is 0 Å². The van der Waals surface area contributed by atoms with Crippen LogP contribution in [0.5, 0.6) is 0 Å². The Morgan fingerprint density at radius 1 is 1.20 bits per heavy atom. The fourth-order valence-electron chi connectivity index (χ4n) is 8.73. The molecular formula is C28H41FN2O4. The van der Waals surface area contributed by atoms with Crippen molar-refractivity contribution in [1.29, 1.82) is 0 Å². The number of aliphatic hydroxyl groups excluding tert-OH is 1. The second-order valence-corrected chi connectivity index (χ2v) is 12.3. The highest BCUT2D eigenvalue weighted by Crippen LogP contribution is 2.70. The van der Waals surface area contributed by atoms with Crippen molar-refractivity contribution in [2.75, 3.05) is 32.7 Å². The minimum atomic E-state index is -1.95. The number of carbonyl (C=O) groups excluding carboxylic acids is 2. The van der Waals surface area contributed by atoms with E-state index in [-0.39, 0.29) is 29.9 Å². The van der Waals surface area contributed by atoms with Gasteiger partial charge in [0, 0.05) is 42.9 Å². The van der Waals surface area contributed by atoms with E-state index in [0.29, 0.717) is 32.4 Å². The molecule has 3 saturated carbocycles. The summed E-state index contributed by atoms with van der Waals surface area (Å²) in [5, 5.41) is 23.7. The van der Waals surface area contributed by atoms with Crippen molar-refractivity contribution in [2.24, 2.45) is 28.6 Å². The first-order chi connectivity index (χ1) is 16.4. The van der Waals surface area contributed by atoms with Crippen molar-refractivity contribution >= 4 is 11.7 Å². The molecule has 2 N–H and O–H groups in total. The average molecular weight is 489 g/mol. The smallest absolute Gasteiger partial charge is 0.255 e. The Morgan fingerprint density at radius 3 is 2.54 bits per heavy atom. The molecule has 1 amide bonds. The SMILES string of the molecule is CCCN1CCN(C(=O)[C@@]2(O)[C@@H](C)C[C@H]3[C@@H]4CCC5=CC(=O)C=C[C@]5(C)[C@@]4(F)[C@@H](O)C[C@@]32C)CC1. The summed E-state index contributed by atoms with van der Waals surface area (Å²) in [6.45, 7) is 11.5. The number of piperazine rings is 1. The van der Waals surface area contributed by atoms with E-state index in [4.69, 9.17) is 0 Å². The number of alkyl halides is 1. The largest absolute Gasteiger partial charge is 0.390 e. The summed E-state index contributed by atoms with van der Waals surface area (Å²) < 4.78 is 17.3. The minimum Gasteiger partial charge on any atom is -0.390 e. The molecule has 5 aliphatic rings. The summed E-state index contributed by atoms with van der Waals surface area (Å²) in [5.74, 6) is -1.45. The molecule has 7 heteroatoms. The van der Waals surface area contributed by atoms with Gasteiger partial charge in [-0.05, 0) is 69.6 Å². The molecule has 1 heterocycles. The van der Waals surface area contributed by atoms with Crippen LogP contribution in [-0.4, -0.2) is 81.8 Å². The molecule has 0 aromatic carbocycles. The van der Waals surface area contributed by atoms with Crippen molar-refractivity contribution < 1.29 is 24.2 Å². The summed E-state index contributed by atoms with van der Waals surface area (Å²) in [5.41, 5.74) is -4.82. The third-order valence-electron chi connectivity index (χ3n) is 10.7. The van der Waals surface area contributed by atoms with Crippen molar-refractivity contribution in [2.45, 2.75) is 77.2 Å². The highest BCUT2D eigenvalue weighted by molar-refractivity contribution is 6.01. The highest BCUT2D eigenvalue weighted by Gasteiger charge is 2.76. The Kier molecular flexibility index (Phi) is 5.89. The van der Waals surface area contributed by atoms with Gasteiger partial charge >= 0.3 is 0 Å². The van der Waals surface area contributed by atoms with Crippen molar-refractivity contribution in [3.8, 4) is 0 Å². The van der Waals surface area contributed by atoms with Crippen LogP contribution in [-0.2, 0) is 9.59 Å². The molecule has 0 radical (unpaired) electrons. The number of hydrogen-bond donors (Lipinski definition) is 2. The van der Waals surface area contributed by atoms with E-state index in [1.807, 2.05) is 13.8 Å². The molecular weight excluding hydrogens is 447 g/mol. The summed E-state index contributed by atoms with van der Waals surface area (Å²) in [6, 6.07) is 0. The zero-order chi connectivity index (χ0) is 25.4. The zero-order valence-electron chi connectivity index (χ0n) is 21.6. The number of carbonyl (C=O) groups is 2. The second kappa shape index (κ2) is 8.22. The van der Waals surface area contributed by atoms with E-state index in [9.17, 15) is 19.8 Å². The predicted molar refractivity (Wildman–Crippen MR) is 131 cm³/mol. The van der Waals surface area contributed by atoms with Gasteiger partial charge in [-0.1, -0.05) is 32.4 Å². The van der Waals surface area contributed by atoms with E-state index >= 15 is 4.39 Å². The standard InChI is InChI=1S/C28H41FN2O4/c1-5-10-30-11-13-31(14-12-30)24(34)28(35)18(2)15-22-21-7-6-19-16-20(32)8-9-25(19,3)27(21,29)23(33)17-26(22,28)4/h8-9,16,18,21-23,33,35H,5-7,10-15,17H2,1-4H3/t18-,21-,22-,23-,25-,26-,27-,28-/m0/s1. The third-order valence-corrected chi connectivity index (χ3v) is 10.7. The lowest BCUT2D eigenvalue weighted by molar-refractivity contribution is -0.223. The van der Waals surface area contributed by atoms with Gasteiger partial charge in [-0.3, -0.25) is 14.5 Å². The van der Waals surface area contributed by atoms with Crippen LogP contribution >= 0.6 is 0 Å². The third kappa shape index (κ3) is 3.16. The quantitative estimate of drug-likeness (QED) is 0.639. The van der Waals surface area contributed by atoms with Gasteiger partial charge in [-0.2, -0.15) is 0 Å². The molecule has 4 fully saturated rings. The number of ketones is 1. The summed E-state index contributed by atoms with van der Waals surface area (Å²) >= 11 is 0. The average Bonchev–Trinajstić information content (AvgIpc) is 3.02. The van der Waals surface area contributed by atoms with Crippen LogP contribution < -0.4 is 0 Å². The number of rotatable bonds is 3. The van der Waals surface area contributed by atoms with Crippen LogP contribution in [0.4, 0.5) is 4.39 Å². The maximum absolute atomic E-state index is 17.3. The van der Waals surface area contributed by atoms with Gasteiger partial charge in [0.25, 0.3) is 5.91 Å². The van der Waals surface area contributed by atoms with Gasteiger partial charge in [0.15, 0.2) is 17.1 Å². The number of halogens is 1. The van der Waals surface area contributed by atoms with Crippen LogP contribution in [0.15, 0.2) is 23.8 Å². The van der Waals surface area contributed by atoms with E-state index in [1.54, 1.807) is 17.9 Å². The number of allylic oxidation sites excluding steroid dienone is 4. The molecule has 5 rings (SSSR count). The molecule has 0 spiro atoms. The minimum absolute atomic E-state index is 0.0255. The van der Waals surface area contributed by atoms with Crippen LogP contribution in [0.2, 0.25) is 0 Å². The maximum Gasteiger partial charge on any atom is 0.255 e. The highest BCUT2D eigenvalue weighted by atomic mass is 19.1. The van der Waals surface area contributed by atoms with E-state index in [2.05, 4.69) is 11.8 Å². The van der Waals surface area contributed by atoms with Crippen LogP contribution in [0, 0.1) is 28.6 Å². The zero-order valence-corrected chi connectivity index (χ0v) is 21.6. The van der Waals surface area contributed by atoms with Crippen LogP contribution in [0.1, 0.15) is 59.8 Å². The van der Waals surface area contributed by atoms with E-state index < -0.39 is 34.1 Å². The van der Waals surface area contributed by atoms with Crippen molar-refractivity contribution in [1.82, 2.24) is 9.80 Å². The van der Waals surface area contributed by atoms with Gasteiger partial charge in [0.2, 0.25) is 0 Å².